The predicted molar refractivity (Wildman–Crippen MR) is 101 cm³/mol. The van der Waals surface area contributed by atoms with Crippen molar-refractivity contribution >= 4 is 11.8 Å². The fourth-order valence-corrected chi connectivity index (χ4v) is 3.76. The third-order valence-electron chi connectivity index (χ3n) is 5.14. The molecule has 9 nitrogen and oxygen atoms in total. The number of carbonyl (C=O) groups is 2. The van der Waals surface area contributed by atoms with E-state index in [0.717, 1.165) is 24.4 Å². The van der Waals surface area contributed by atoms with Crippen molar-refractivity contribution < 1.29 is 14.1 Å². The Hall–Kier alpha value is -2.71. The van der Waals surface area contributed by atoms with Crippen molar-refractivity contribution in [3.05, 3.63) is 29.2 Å². The minimum absolute atomic E-state index is 0.0356. The van der Waals surface area contributed by atoms with Crippen LogP contribution in [0.1, 0.15) is 49.3 Å². The largest absolute Gasteiger partial charge is 0.341 e. The zero-order chi connectivity index (χ0) is 20.4. The molecule has 0 aliphatic carbocycles. The van der Waals surface area contributed by atoms with Gasteiger partial charge in [0, 0.05) is 33.6 Å². The quantitative estimate of drug-likeness (QED) is 0.744. The van der Waals surface area contributed by atoms with Gasteiger partial charge in [0.2, 0.25) is 17.7 Å². The lowest BCUT2D eigenvalue weighted by Gasteiger charge is -2.23. The van der Waals surface area contributed by atoms with Gasteiger partial charge in [-0.15, -0.1) is 0 Å². The molecule has 1 aliphatic rings. The molecule has 0 unspecified atom stereocenters. The lowest BCUT2D eigenvalue weighted by Crippen LogP contribution is -2.37. The maximum absolute atomic E-state index is 13.3. The average molecular weight is 388 g/mol. The van der Waals surface area contributed by atoms with Gasteiger partial charge >= 0.3 is 0 Å². The summed E-state index contributed by atoms with van der Waals surface area (Å²) >= 11 is 0. The van der Waals surface area contributed by atoms with Crippen LogP contribution in [0.25, 0.3) is 0 Å². The van der Waals surface area contributed by atoms with Crippen molar-refractivity contribution in [2.45, 2.75) is 53.1 Å². The van der Waals surface area contributed by atoms with Gasteiger partial charge in [-0.2, -0.15) is 10.1 Å². The predicted octanol–water partition coefficient (Wildman–Crippen LogP) is 1.51. The van der Waals surface area contributed by atoms with Crippen molar-refractivity contribution in [1.29, 1.82) is 0 Å². The molecule has 9 heteroatoms. The molecule has 3 rings (SSSR count). The number of nitrogens with zero attached hydrogens (tertiary/aromatic N) is 6. The van der Waals surface area contributed by atoms with E-state index >= 15 is 0 Å². The minimum Gasteiger partial charge on any atom is -0.341 e. The van der Waals surface area contributed by atoms with Gasteiger partial charge in [-0.05, 0) is 26.3 Å². The van der Waals surface area contributed by atoms with Gasteiger partial charge < -0.3 is 14.3 Å². The first-order valence-corrected chi connectivity index (χ1v) is 9.64. The average Bonchev–Trinajstić information content (AvgIpc) is 3.33. The number of likely N-dealkylation sites (tertiary alicyclic amines) is 1. The first kappa shape index (κ1) is 20.0. The Morgan fingerprint density at radius 3 is 2.68 bits per heavy atom. The molecule has 0 bridgehead atoms. The Kier molecular flexibility index (Phi) is 5.81. The third kappa shape index (κ3) is 4.07. The van der Waals surface area contributed by atoms with Gasteiger partial charge in [0.25, 0.3) is 0 Å². The molecule has 0 radical (unpaired) electrons. The van der Waals surface area contributed by atoms with Crippen LogP contribution < -0.4 is 0 Å². The lowest BCUT2D eigenvalue weighted by molar-refractivity contribution is -0.135. The Morgan fingerprint density at radius 1 is 1.32 bits per heavy atom. The first-order valence-electron chi connectivity index (χ1n) is 9.64. The second kappa shape index (κ2) is 8.12. The Morgan fingerprint density at radius 2 is 2.07 bits per heavy atom. The summed E-state index contributed by atoms with van der Waals surface area (Å²) in [5, 5.41) is 8.35. The van der Waals surface area contributed by atoms with Gasteiger partial charge in [0.15, 0.2) is 5.82 Å². The number of hydrogen-bond acceptors (Lipinski definition) is 6. The monoisotopic (exact) mass is 388 g/mol. The normalized spacial score (nSPS) is 19.2. The Labute approximate surface area is 164 Å². The van der Waals surface area contributed by atoms with E-state index in [9.17, 15) is 9.59 Å². The molecule has 0 spiro atoms. The molecule has 2 aromatic rings. The van der Waals surface area contributed by atoms with Crippen LogP contribution in [0.2, 0.25) is 0 Å². The van der Waals surface area contributed by atoms with Crippen molar-refractivity contribution in [2.24, 2.45) is 5.92 Å². The number of rotatable bonds is 6. The summed E-state index contributed by atoms with van der Waals surface area (Å²) in [4.78, 5) is 32.8. The molecule has 0 N–H and O–H groups in total. The smallest absolute Gasteiger partial charge is 0.232 e. The number of amides is 2. The van der Waals surface area contributed by atoms with Crippen LogP contribution in [-0.2, 0) is 22.7 Å². The van der Waals surface area contributed by atoms with E-state index in [0.29, 0.717) is 31.3 Å². The molecule has 2 amide bonds. The van der Waals surface area contributed by atoms with E-state index in [-0.39, 0.29) is 17.7 Å². The second-order valence-electron chi connectivity index (χ2n) is 7.51. The van der Waals surface area contributed by atoms with Crippen LogP contribution >= 0.6 is 0 Å². The van der Waals surface area contributed by atoms with Crippen molar-refractivity contribution in [1.82, 2.24) is 29.7 Å². The second-order valence-corrected chi connectivity index (χ2v) is 7.51. The Balaban J connectivity index is 1.79. The van der Waals surface area contributed by atoms with Gasteiger partial charge in [0.1, 0.15) is 0 Å². The summed E-state index contributed by atoms with van der Waals surface area (Å²) < 4.78 is 7.28. The highest BCUT2D eigenvalue weighted by Gasteiger charge is 2.43. The van der Waals surface area contributed by atoms with Crippen molar-refractivity contribution in [3.63, 3.8) is 0 Å². The zero-order valence-electron chi connectivity index (χ0n) is 17.2. The summed E-state index contributed by atoms with van der Waals surface area (Å²) in [7, 11) is 1.79. The van der Waals surface area contributed by atoms with Crippen LogP contribution in [0.5, 0.6) is 0 Å². The molecule has 1 fully saturated rings. The molecular formula is C19H28N6O3. The minimum atomic E-state index is -0.405. The maximum atomic E-state index is 13.3. The highest BCUT2D eigenvalue weighted by Crippen LogP contribution is 2.33. The summed E-state index contributed by atoms with van der Waals surface area (Å²) in [6.07, 6.45) is 0.973. The van der Waals surface area contributed by atoms with Crippen LogP contribution in [-0.4, -0.2) is 61.7 Å². The third-order valence-corrected chi connectivity index (χ3v) is 5.14. The number of carbonyl (C=O) groups excluding carboxylic acids is 2. The summed E-state index contributed by atoms with van der Waals surface area (Å²) in [5.74, 6) is 0.150. The van der Waals surface area contributed by atoms with Gasteiger partial charge in [0.05, 0.1) is 29.8 Å². The van der Waals surface area contributed by atoms with Crippen molar-refractivity contribution in [3.8, 4) is 0 Å². The molecule has 152 valence electrons. The van der Waals surface area contributed by atoms with Gasteiger partial charge in [-0.1, -0.05) is 12.1 Å². The lowest BCUT2D eigenvalue weighted by atomic mass is 9.94. The number of aryl methyl sites for hydroxylation is 3. The van der Waals surface area contributed by atoms with E-state index in [2.05, 4.69) is 22.2 Å². The summed E-state index contributed by atoms with van der Waals surface area (Å²) in [5.41, 5.74) is 1.94. The van der Waals surface area contributed by atoms with Crippen LogP contribution in [0.15, 0.2) is 10.6 Å². The van der Waals surface area contributed by atoms with Gasteiger partial charge in [-0.3, -0.25) is 14.3 Å². The molecule has 0 saturated carbocycles. The standard InChI is InChI=1S/C19H28N6O3/c1-6-7-25-15(8-12(2)21-25)9-23(5)19(27)17-11-24(14(4)26)10-16(17)18-20-13(3)22-28-18/h8,16-17H,6-7,9-11H2,1-5H3/t16-,17-/m1/s1. The molecule has 2 aromatic heterocycles. The van der Waals surface area contributed by atoms with Crippen molar-refractivity contribution in [2.75, 3.05) is 20.1 Å². The number of aromatic nitrogens is 4. The topological polar surface area (TPSA) is 97.4 Å². The van der Waals surface area contributed by atoms with E-state index in [1.807, 2.05) is 17.7 Å². The SMILES string of the molecule is CCCn1nc(C)cc1CN(C)C(=O)[C@@H]1CN(C(C)=O)C[C@H]1c1nc(C)no1. The van der Waals surface area contributed by atoms with Crippen LogP contribution in [0, 0.1) is 19.8 Å². The highest BCUT2D eigenvalue weighted by molar-refractivity contribution is 5.82. The van der Waals surface area contributed by atoms with Crippen LogP contribution in [0.3, 0.4) is 0 Å². The molecule has 0 aromatic carbocycles. The Bertz CT molecular complexity index is 858. The molecular weight excluding hydrogens is 360 g/mol. The summed E-state index contributed by atoms with van der Waals surface area (Å²) in [6.45, 7) is 9.35. The molecule has 2 atom stereocenters. The molecule has 3 heterocycles. The van der Waals surface area contributed by atoms with E-state index in [1.165, 1.54) is 6.92 Å². The summed E-state index contributed by atoms with van der Waals surface area (Å²) in [6, 6.07) is 2.01. The molecule has 28 heavy (non-hydrogen) atoms. The number of hydrogen-bond donors (Lipinski definition) is 0. The fourth-order valence-electron chi connectivity index (χ4n) is 3.76. The zero-order valence-corrected chi connectivity index (χ0v) is 17.2. The fraction of sp³-hybridized carbons (Fsp3) is 0.632. The van der Waals surface area contributed by atoms with E-state index < -0.39 is 5.92 Å². The van der Waals surface area contributed by atoms with Gasteiger partial charge in [-0.25, -0.2) is 0 Å². The van der Waals surface area contributed by atoms with E-state index in [1.54, 1.807) is 23.8 Å². The first-order chi connectivity index (χ1) is 13.3. The van der Waals surface area contributed by atoms with E-state index in [4.69, 9.17) is 4.52 Å². The van der Waals surface area contributed by atoms with Crippen LogP contribution in [0.4, 0.5) is 0 Å². The maximum Gasteiger partial charge on any atom is 0.232 e. The highest BCUT2D eigenvalue weighted by atomic mass is 16.5. The molecule has 1 aliphatic heterocycles. The molecule has 1 saturated heterocycles.